The van der Waals surface area contributed by atoms with Crippen LogP contribution in [0.5, 0.6) is 0 Å². The maximum Gasteiger partial charge on any atom is 0.225 e. The maximum absolute atomic E-state index is 6.40. The van der Waals surface area contributed by atoms with E-state index in [1.807, 2.05) is 0 Å². The molecule has 164 valence electrons. The summed E-state index contributed by atoms with van der Waals surface area (Å²) in [5.74, 6) is 3.70. The molecule has 3 heterocycles. The van der Waals surface area contributed by atoms with Crippen molar-refractivity contribution >= 4 is 17.5 Å². The minimum atomic E-state index is 0.426. The van der Waals surface area contributed by atoms with Crippen molar-refractivity contribution in [1.29, 1.82) is 0 Å². The number of hydrogen-bond donors (Lipinski definition) is 1. The average molecular weight is 423 g/mol. The van der Waals surface area contributed by atoms with Crippen LogP contribution in [-0.2, 0) is 4.74 Å². The molecule has 0 bridgehead atoms. The van der Waals surface area contributed by atoms with Gasteiger partial charge in [0.2, 0.25) is 5.95 Å². The number of anilines is 1. The largest absolute Gasteiger partial charge is 0.378 e. The second-order valence-corrected chi connectivity index (χ2v) is 9.75. The van der Waals surface area contributed by atoms with Crippen molar-refractivity contribution in [3.8, 4) is 0 Å². The first-order valence-corrected chi connectivity index (χ1v) is 12.0. The Kier molecular flexibility index (Phi) is 9.01. The van der Waals surface area contributed by atoms with E-state index in [2.05, 4.69) is 41.0 Å². The lowest BCUT2D eigenvalue weighted by Crippen LogP contribution is -2.38. The summed E-state index contributed by atoms with van der Waals surface area (Å²) in [6.45, 7) is 12.3. The second kappa shape index (κ2) is 11.5. The van der Waals surface area contributed by atoms with Gasteiger partial charge in [0.05, 0.1) is 23.5 Å². The first-order chi connectivity index (χ1) is 14.0. The Bertz CT molecular complexity index is 583. The highest BCUT2D eigenvalue weighted by Gasteiger charge is 2.27. The van der Waals surface area contributed by atoms with Crippen molar-refractivity contribution in [2.24, 2.45) is 23.7 Å². The van der Waals surface area contributed by atoms with Crippen LogP contribution in [0.2, 0.25) is 5.02 Å². The van der Waals surface area contributed by atoms with Crippen LogP contribution in [0.25, 0.3) is 0 Å². The third-order valence-corrected chi connectivity index (χ3v) is 7.05. The van der Waals surface area contributed by atoms with Gasteiger partial charge in [0.1, 0.15) is 0 Å². The van der Waals surface area contributed by atoms with Crippen molar-refractivity contribution < 1.29 is 4.74 Å². The number of aromatic nitrogens is 2. The number of hydrogen-bond acceptors (Lipinski definition) is 5. The molecule has 1 aromatic heterocycles. The molecule has 0 aromatic carbocycles. The lowest BCUT2D eigenvalue weighted by molar-refractivity contribution is -0.0289. The summed E-state index contributed by atoms with van der Waals surface area (Å²) in [6, 6.07) is 0. The van der Waals surface area contributed by atoms with Crippen LogP contribution in [0.4, 0.5) is 5.95 Å². The molecule has 0 radical (unpaired) electrons. The fourth-order valence-electron chi connectivity index (χ4n) is 5.04. The van der Waals surface area contributed by atoms with Gasteiger partial charge in [-0.15, -0.1) is 0 Å². The van der Waals surface area contributed by atoms with E-state index in [-0.39, 0.29) is 0 Å². The molecule has 1 aromatic rings. The van der Waals surface area contributed by atoms with Gasteiger partial charge in [-0.25, -0.2) is 9.97 Å². The summed E-state index contributed by atoms with van der Waals surface area (Å²) in [5.41, 5.74) is 0. The van der Waals surface area contributed by atoms with E-state index in [9.17, 15) is 0 Å². The summed E-state index contributed by atoms with van der Waals surface area (Å²) < 4.78 is 6.40. The molecule has 5 nitrogen and oxygen atoms in total. The molecule has 2 aliphatic heterocycles. The van der Waals surface area contributed by atoms with Gasteiger partial charge in [-0.1, -0.05) is 32.4 Å². The third kappa shape index (κ3) is 6.80. The molecule has 0 amide bonds. The van der Waals surface area contributed by atoms with Crippen molar-refractivity contribution in [3.05, 3.63) is 17.4 Å². The van der Waals surface area contributed by atoms with E-state index in [1.54, 1.807) is 12.4 Å². The highest BCUT2D eigenvalue weighted by Crippen LogP contribution is 2.30. The summed E-state index contributed by atoms with van der Waals surface area (Å²) in [4.78, 5) is 11.0. The zero-order valence-electron chi connectivity index (χ0n) is 18.4. The summed E-state index contributed by atoms with van der Waals surface area (Å²) in [6.07, 6.45) is 11.2. The van der Waals surface area contributed by atoms with Gasteiger partial charge >= 0.3 is 0 Å². The van der Waals surface area contributed by atoms with Gasteiger partial charge in [-0.05, 0) is 75.3 Å². The Balaban J connectivity index is 1.35. The first kappa shape index (κ1) is 22.8. The topological polar surface area (TPSA) is 50.3 Å². The Morgan fingerprint density at radius 1 is 1.07 bits per heavy atom. The Hall–Kier alpha value is -0.910. The summed E-state index contributed by atoms with van der Waals surface area (Å²) >= 11 is 5.90. The number of rotatable bonds is 9. The SMILES string of the molecule is CC(C)C(OCCCC(C)C1CCN(c2ncc(Cl)cn2)CC1)C1CCNCC1. The molecule has 3 rings (SSSR count). The fourth-order valence-corrected chi connectivity index (χ4v) is 5.14. The zero-order chi connectivity index (χ0) is 20.6. The molecule has 29 heavy (non-hydrogen) atoms. The van der Waals surface area contributed by atoms with E-state index in [1.165, 1.54) is 38.5 Å². The molecule has 0 spiro atoms. The van der Waals surface area contributed by atoms with Crippen LogP contribution in [0.3, 0.4) is 0 Å². The molecule has 2 unspecified atom stereocenters. The maximum atomic E-state index is 6.40. The fraction of sp³-hybridized carbons (Fsp3) is 0.826. The van der Waals surface area contributed by atoms with Gasteiger partial charge in [0, 0.05) is 19.7 Å². The number of nitrogens with one attached hydrogen (secondary N) is 1. The average Bonchev–Trinajstić information content (AvgIpc) is 2.74. The van der Waals surface area contributed by atoms with E-state index in [4.69, 9.17) is 16.3 Å². The van der Waals surface area contributed by atoms with Crippen molar-refractivity contribution in [2.45, 2.75) is 65.4 Å². The summed E-state index contributed by atoms with van der Waals surface area (Å²) in [5, 5.41) is 4.07. The molecular weight excluding hydrogens is 384 g/mol. The van der Waals surface area contributed by atoms with Crippen LogP contribution in [0, 0.1) is 23.7 Å². The lowest BCUT2D eigenvalue weighted by Gasteiger charge is -2.35. The van der Waals surface area contributed by atoms with Crippen LogP contribution in [0.1, 0.15) is 59.3 Å². The Labute approximate surface area is 182 Å². The molecule has 2 atom stereocenters. The van der Waals surface area contributed by atoms with E-state index in [0.29, 0.717) is 17.0 Å². The molecule has 2 saturated heterocycles. The van der Waals surface area contributed by atoms with Crippen LogP contribution in [0.15, 0.2) is 12.4 Å². The van der Waals surface area contributed by atoms with Gasteiger partial charge in [0.25, 0.3) is 0 Å². The smallest absolute Gasteiger partial charge is 0.225 e. The number of nitrogens with zero attached hydrogens (tertiary/aromatic N) is 3. The highest BCUT2D eigenvalue weighted by atomic mass is 35.5. The first-order valence-electron chi connectivity index (χ1n) is 11.6. The predicted octanol–water partition coefficient (Wildman–Crippen LogP) is 4.80. The van der Waals surface area contributed by atoms with Gasteiger partial charge in [-0.3, -0.25) is 0 Å². The minimum absolute atomic E-state index is 0.426. The summed E-state index contributed by atoms with van der Waals surface area (Å²) in [7, 11) is 0. The van der Waals surface area contributed by atoms with Gasteiger partial charge in [-0.2, -0.15) is 0 Å². The number of ether oxygens (including phenoxy) is 1. The Morgan fingerprint density at radius 3 is 2.34 bits per heavy atom. The second-order valence-electron chi connectivity index (χ2n) is 9.31. The normalized spacial score (nSPS) is 21.5. The third-order valence-electron chi connectivity index (χ3n) is 6.85. The van der Waals surface area contributed by atoms with E-state index in [0.717, 1.165) is 56.5 Å². The van der Waals surface area contributed by atoms with Crippen molar-refractivity contribution in [3.63, 3.8) is 0 Å². The lowest BCUT2D eigenvalue weighted by atomic mass is 9.83. The van der Waals surface area contributed by atoms with E-state index >= 15 is 0 Å². The molecule has 0 aliphatic carbocycles. The monoisotopic (exact) mass is 422 g/mol. The quantitative estimate of drug-likeness (QED) is 0.579. The molecule has 1 N–H and O–H groups in total. The van der Waals surface area contributed by atoms with Gasteiger partial charge < -0.3 is 15.0 Å². The van der Waals surface area contributed by atoms with Crippen LogP contribution >= 0.6 is 11.6 Å². The van der Waals surface area contributed by atoms with Crippen molar-refractivity contribution in [2.75, 3.05) is 37.7 Å². The molecule has 0 saturated carbocycles. The Morgan fingerprint density at radius 2 is 1.72 bits per heavy atom. The standard InChI is InChI=1S/C23H39ClN4O/c1-17(2)22(20-6-10-25-11-7-20)29-14-4-5-18(3)19-8-12-28(13-9-19)23-26-15-21(24)16-27-23/h15-20,22,25H,4-14H2,1-3H3. The highest BCUT2D eigenvalue weighted by molar-refractivity contribution is 6.30. The predicted molar refractivity (Wildman–Crippen MR) is 121 cm³/mol. The molecule has 6 heteroatoms. The number of piperidine rings is 2. The minimum Gasteiger partial charge on any atom is -0.378 e. The van der Waals surface area contributed by atoms with Crippen LogP contribution in [-0.4, -0.2) is 48.9 Å². The van der Waals surface area contributed by atoms with E-state index < -0.39 is 0 Å². The molecule has 2 fully saturated rings. The van der Waals surface area contributed by atoms with Crippen molar-refractivity contribution in [1.82, 2.24) is 15.3 Å². The zero-order valence-corrected chi connectivity index (χ0v) is 19.2. The number of halogens is 1. The molecular formula is C23H39ClN4O. The molecule has 2 aliphatic rings. The van der Waals surface area contributed by atoms with Crippen LogP contribution < -0.4 is 10.2 Å². The van der Waals surface area contributed by atoms with Gasteiger partial charge in [0.15, 0.2) is 0 Å².